The first kappa shape index (κ1) is 16.1. The van der Waals surface area contributed by atoms with Gasteiger partial charge < -0.3 is 14.4 Å². The van der Waals surface area contributed by atoms with Crippen molar-refractivity contribution in [2.45, 2.75) is 13.8 Å². The van der Waals surface area contributed by atoms with Gasteiger partial charge in [-0.3, -0.25) is 9.59 Å². The van der Waals surface area contributed by atoms with Crippen molar-refractivity contribution in [2.75, 3.05) is 24.7 Å². The number of hydrogen-bond acceptors (Lipinski definition) is 4. The van der Waals surface area contributed by atoms with E-state index < -0.39 is 0 Å². The lowest BCUT2D eigenvalue weighted by Gasteiger charge is -2.29. The van der Waals surface area contributed by atoms with Crippen LogP contribution in [0, 0.1) is 6.92 Å². The van der Waals surface area contributed by atoms with E-state index >= 15 is 0 Å². The van der Waals surface area contributed by atoms with Crippen molar-refractivity contribution in [1.82, 2.24) is 0 Å². The van der Waals surface area contributed by atoms with E-state index in [1.165, 1.54) is 6.92 Å². The maximum absolute atomic E-state index is 12.6. The monoisotopic (exact) mass is 325 g/mol. The normalized spacial score (nSPS) is 13.0. The molecule has 0 fully saturated rings. The van der Waals surface area contributed by atoms with Gasteiger partial charge >= 0.3 is 0 Å². The predicted octanol–water partition coefficient (Wildman–Crippen LogP) is 3.00. The Kier molecular flexibility index (Phi) is 4.51. The second kappa shape index (κ2) is 6.74. The molecule has 1 amide bonds. The van der Waals surface area contributed by atoms with E-state index in [4.69, 9.17) is 9.47 Å². The number of ketones is 1. The zero-order valence-electron chi connectivity index (χ0n) is 13.7. The van der Waals surface area contributed by atoms with E-state index in [0.29, 0.717) is 35.9 Å². The Hall–Kier alpha value is -2.82. The summed E-state index contributed by atoms with van der Waals surface area (Å²) in [5, 5.41) is 0. The number of carbonyl (C=O) groups is 2. The molecule has 0 atom stereocenters. The van der Waals surface area contributed by atoms with Crippen LogP contribution in [0.5, 0.6) is 11.5 Å². The zero-order valence-corrected chi connectivity index (χ0v) is 13.7. The fourth-order valence-electron chi connectivity index (χ4n) is 2.63. The molecule has 5 heteroatoms. The lowest BCUT2D eigenvalue weighted by molar-refractivity contribution is -0.120. The lowest BCUT2D eigenvalue weighted by atomic mass is 10.1. The first-order chi connectivity index (χ1) is 11.6. The highest BCUT2D eigenvalue weighted by Gasteiger charge is 2.25. The summed E-state index contributed by atoms with van der Waals surface area (Å²) in [5.41, 5.74) is 2.15. The largest absolute Gasteiger partial charge is 0.490 e. The number of rotatable bonds is 4. The number of benzene rings is 2. The summed E-state index contributed by atoms with van der Waals surface area (Å²) in [7, 11) is 0. The highest BCUT2D eigenvalue weighted by molar-refractivity contribution is 6.00. The Balaban J connectivity index is 1.78. The summed E-state index contributed by atoms with van der Waals surface area (Å²) in [4.78, 5) is 25.8. The van der Waals surface area contributed by atoms with Crippen LogP contribution < -0.4 is 14.4 Å². The van der Waals surface area contributed by atoms with Crippen molar-refractivity contribution in [3.05, 3.63) is 53.6 Å². The summed E-state index contributed by atoms with van der Waals surface area (Å²) in [6.45, 7) is 4.23. The van der Waals surface area contributed by atoms with Crippen LogP contribution in [0.25, 0.3) is 0 Å². The molecule has 0 bridgehead atoms. The predicted molar refractivity (Wildman–Crippen MR) is 91.0 cm³/mol. The van der Waals surface area contributed by atoms with Crippen molar-refractivity contribution in [2.24, 2.45) is 0 Å². The molecule has 1 aliphatic rings. The van der Waals surface area contributed by atoms with Gasteiger partial charge in [-0.2, -0.15) is 0 Å². The molecule has 2 aromatic rings. The number of para-hydroxylation sites is 1. The minimum Gasteiger partial charge on any atom is -0.490 e. The molecule has 0 N–H and O–H groups in total. The standard InChI is InChI=1S/C19H19NO4/c1-13-5-3-4-6-17(13)24-12-19(22)20-9-10-23-18-8-7-15(14(2)21)11-16(18)20/h3-8,11H,9-10,12H2,1-2H3. The maximum Gasteiger partial charge on any atom is 0.265 e. The maximum atomic E-state index is 12.6. The topological polar surface area (TPSA) is 55.8 Å². The van der Waals surface area contributed by atoms with Crippen LogP contribution in [0.4, 0.5) is 5.69 Å². The van der Waals surface area contributed by atoms with E-state index in [1.54, 1.807) is 23.1 Å². The molecule has 5 nitrogen and oxygen atoms in total. The van der Waals surface area contributed by atoms with Crippen LogP contribution in [-0.4, -0.2) is 31.4 Å². The van der Waals surface area contributed by atoms with Crippen LogP contribution in [0.2, 0.25) is 0 Å². The van der Waals surface area contributed by atoms with Crippen molar-refractivity contribution < 1.29 is 19.1 Å². The Bertz CT molecular complexity index is 785. The van der Waals surface area contributed by atoms with E-state index in [0.717, 1.165) is 5.56 Å². The first-order valence-corrected chi connectivity index (χ1v) is 7.83. The number of anilines is 1. The van der Waals surface area contributed by atoms with Gasteiger partial charge in [-0.05, 0) is 43.7 Å². The number of amides is 1. The summed E-state index contributed by atoms with van der Waals surface area (Å²) in [6, 6.07) is 12.7. The Morgan fingerprint density at radius 1 is 1.21 bits per heavy atom. The quantitative estimate of drug-likeness (QED) is 0.811. The molecule has 0 saturated heterocycles. The smallest absolute Gasteiger partial charge is 0.265 e. The van der Waals surface area contributed by atoms with Crippen molar-refractivity contribution >= 4 is 17.4 Å². The fraction of sp³-hybridized carbons (Fsp3) is 0.263. The average Bonchev–Trinajstić information content (AvgIpc) is 2.59. The minimum atomic E-state index is -0.163. The van der Waals surface area contributed by atoms with Gasteiger partial charge in [0.25, 0.3) is 5.91 Å². The summed E-state index contributed by atoms with van der Waals surface area (Å²) < 4.78 is 11.2. The molecule has 1 heterocycles. The minimum absolute atomic E-state index is 0.0491. The van der Waals surface area contributed by atoms with Crippen LogP contribution in [-0.2, 0) is 4.79 Å². The third-order valence-corrected chi connectivity index (χ3v) is 3.97. The van der Waals surface area contributed by atoms with Gasteiger partial charge in [-0.1, -0.05) is 18.2 Å². The van der Waals surface area contributed by atoms with E-state index in [-0.39, 0.29) is 18.3 Å². The van der Waals surface area contributed by atoms with E-state index in [2.05, 4.69) is 0 Å². The van der Waals surface area contributed by atoms with Crippen LogP contribution in [0.1, 0.15) is 22.8 Å². The van der Waals surface area contributed by atoms with Gasteiger partial charge in [0.05, 0.1) is 12.2 Å². The van der Waals surface area contributed by atoms with Crippen molar-refractivity contribution in [1.29, 1.82) is 0 Å². The molecule has 0 aromatic heterocycles. The number of Topliss-reactive ketones (excluding diaryl/α,β-unsaturated/α-hetero) is 1. The molecule has 0 spiro atoms. The van der Waals surface area contributed by atoms with Gasteiger partial charge in [-0.15, -0.1) is 0 Å². The van der Waals surface area contributed by atoms with Crippen molar-refractivity contribution in [3.8, 4) is 11.5 Å². The summed E-state index contributed by atoms with van der Waals surface area (Å²) in [6.07, 6.45) is 0. The molecule has 2 aromatic carbocycles. The highest BCUT2D eigenvalue weighted by atomic mass is 16.5. The number of aryl methyl sites for hydroxylation is 1. The number of hydrogen-bond donors (Lipinski definition) is 0. The molecule has 0 saturated carbocycles. The van der Waals surface area contributed by atoms with Crippen LogP contribution in [0.3, 0.4) is 0 Å². The number of nitrogens with zero attached hydrogens (tertiary/aromatic N) is 1. The molecule has 0 radical (unpaired) electrons. The first-order valence-electron chi connectivity index (χ1n) is 7.83. The SMILES string of the molecule is CC(=O)c1ccc2c(c1)N(C(=O)COc1ccccc1C)CCO2. The third kappa shape index (κ3) is 3.25. The highest BCUT2D eigenvalue weighted by Crippen LogP contribution is 2.32. The molecule has 0 aliphatic carbocycles. The molecule has 3 rings (SSSR count). The van der Waals surface area contributed by atoms with E-state index in [9.17, 15) is 9.59 Å². The number of fused-ring (bicyclic) bond motifs is 1. The average molecular weight is 325 g/mol. The molecule has 124 valence electrons. The van der Waals surface area contributed by atoms with E-state index in [1.807, 2.05) is 31.2 Å². The van der Waals surface area contributed by atoms with Crippen molar-refractivity contribution in [3.63, 3.8) is 0 Å². The van der Waals surface area contributed by atoms with Crippen LogP contribution in [0.15, 0.2) is 42.5 Å². The molecular weight excluding hydrogens is 306 g/mol. The Labute approximate surface area is 140 Å². The Morgan fingerprint density at radius 2 is 2.00 bits per heavy atom. The number of carbonyl (C=O) groups excluding carboxylic acids is 2. The molecular formula is C19H19NO4. The molecule has 1 aliphatic heterocycles. The van der Waals surface area contributed by atoms with Gasteiger partial charge in [0, 0.05) is 5.56 Å². The summed E-state index contributed by atoms with van der Waals surface area (Å²) >= 11 is 0. The van der Waals surface area contributed by atoms with Crippen LogP contribution >= 0.6 is 0 Å². The third-order valence-electron chi connectivity index (χ3n) is 3.97. The van der Waals surface area contributed by atoms with Gasteiger partial charge in [0.1, 0.15) is 18.1 Å². The van der Waals surface area contributed by atoms with Gasteiger partial charge in [0.15, 0.2) is 12.4 Å². The molecule has 0 unspecified atom stereocenters. The molecule has 24 heavy (non-hydrogen) atoms. The summed E-state index contributed by atoms with van der Waals surface area (Å²) in [5.74, 6) is 1.09. The second-order valence-electron chi connectivity index (χ2n) is 5.69. The van der Waals surface area contributed by atoms with Gasteiger partial charge in [-0.25, -0.2) is 0 Å². The zero-order chi connectivity index (χ0) is 17.1. The second-order valence-corrected chi connectivity index (χ2v) is 5.69. The lowest BCUT2D eigenvalue weighted by Crippen LogP contribution is -2.40. The number of ether oxygens (including phenoxy) is 2. The van der Waals surface area contributed by atoms with Gasteiger partial charge in [0.2, 0.25) is 0 Å². The Morgan fingerprint density at radius 3 is 2.75 bits per heavy atom. The fourth-order valence-corrected chi connectivity index (χ4v) is 2.63.